The topological polar surface area (TPSA) is 47.9 Å². The molecule has 0 saturated heterocycles. The number of aryl methyl sites for hydroxylation is 8. The summed E-state index contributed by atoms with van der Waals surface area (Å²) in [5.74, 6) is 0. The molecule has 0 fully saturated rings. The highest BCUT2D eigenvalue weighted by Crippen LogP contribution is 2.50. The molecule has 13 rings (SSSR count). The number of nitrogens with zero attached hydrogens (tertiary/aromatic N) is 6. The Morgan fingerprint density at radius 2 is 0.620 bits per heavy atom. The molecule has 0 aliphatic rings. The highest BCUT2D eigenvalue weighted by atomic mass is 15.1. The van der Waals surface area contributed by atoms with Gasteiger partial charge in [0, 0.05) is 59.7 Å². The summed E-state index contributed by atoms with van der Waals surface area (Å²) in [6.07, 6.45) is 0. The summed E-state index contributed by atoms with van der Waals surface area (Å²) in [6.45, 7) is 27.2. The van der Waals surface area contributed by atoms with Gasteiger partial charge in [-0.1, -0.05) is 93.0 Å². The van der Waals surface area contributed by atoms with Crippen molar-refractivity contribution in [1.29, 1.82) is 5.26 Å². The second kappa shape index (κ2) is 15.3. The quantitative estimate of drug-likeness (QED) is 0.159. The Hall–Kier alpha value is -8.84. The predicted octanol–water partition coefficient (Wildman–Crippen LogP) is 17.0. The zero-order valence-corrected chi connectivity index (χ0v) is 41.2. The van der Waals surface area contributed by atoms with Gasteiger partial charge in [0.15, 0.2) is 0 Å². The minimum absolute atomic E-state index is 0.319. The van der Waals surface area contributed by atoms with E-state index in [1.807, 2.05) is 0 Å². The van der Waals surface area contributed by atoms with Crippen LogP contribution in [0.4, 0.5) is 5.69 Å². The molecule has 13 aromatic rings. The number of benzene rings is 9. The van der Waals surface area contributed by atoms with Crippen LogP contribution in [0.2, 0.25) is 0 Å². The van der Waals surface area contributed by atoms with Gasteiger partial charge < -0.3 is 18.3 Å². The van der Waals surface area contributed by atoms with Gasteiger partial charge in [-0.2, -0.15) is 5.26 Å². The van der Waals surface area contributed by atoms with Crippen LogP contribution in [0.5, 0.6) is 0 Å². The maximum atomic E-state index is 12.5. The normalized spacial score (nSPS) is 12.0. The van der Waals surface area contributed by atoms with E-state index in [1.54, 1.807) is 0 Å². The van der Waals surface area contributed by atoms with E-state index in [9.17, 15) is 11.8 Å². The fourth-order valence-corrected chi connectivity index (χ4v) is 11.9. The van der Waals surface area contributed by atoms with Crippen LogP contribution in [0.15, 0.2) is 146 Å². The lowest BCUT2D eigenvalue weighted by Gasteiger charge is -2.27. The summed E-state index contributed by atoms with van der Waals surface area (Å²) in [7, 11) is 0. The van der Waals surface area contributed by atoms with Crippen molar-refractivity contribution >= 4 is 92.9 Å². The van der Waals surface area contributed by atoms with Crippen LogP contribution in [-0.2, 0) is 6.54 Å². The van der Waals surface area contributed by atoms with Gasteiger partial charge in [0.05, 0.1) is 68.8 Å². The second-order valence-electron chi connectivity index (χ2n) is 20.2. The van der Waals surface area contributed by atoms with Crippen molar-refractivity contribution in [3.8, 4) is 23.1 Å². The van der Waals surface area contributed by atoms with E-state index in [0.29, 0.717) is 34.9 Å². The molecule has 6 heteroatoms. The molecule has 0 aliphatic carbocycles. The minimum atomic E-state index is 0.319. The molecular weight excluding hydrogens is 865 g/mol. The molecule has 0 atom stereocenters. The largest absolute Gasteiger partial charge is 0.336 e. The van der Waals surface area contributed by atoms with Crippen molar-refractivity contribution in [3.63, 3.8) is 0 Å². The van der Waals surface area contributed by atoms with Crippen molar-refractivity contribution in [2.24, 2.45) is 0 Å². The Morgan fingerprint density at radius 3 is 0.901 bits per heavy atom. The summed E-state index contributed by atoms with van der Waals surface area (Å²) in [6, 6.07) is 56.1. The summed E-state index contributed by atoms with van der Waals surface area (Å²) in [5, 5.41) is 21.4. The van der Waals surface area contributed by atoms with Crippen molar-refractivity contribution in [2.75, 3.05) is 0 Å². The molecule has 0 amide bonds. The molecule has 340 valence electrons. The first-order chi connectivity index (χ1) is 34.4. The van der Waals surface area contributed by atoms with Gasteiger partial charge in [-0.3, -0.25) is 0 Å². The third-order valence-electron chi connectivity index (χ3n) is 15.1. The van der Waals surface area contributed by atoms with Crippen molar-refractivity contribution in [1.82, 2.24) is 18.3 Å². The molecular formula is C65H50N6. The Bertz CT molecular complexity index is 4370. The van der Waals surface area contributed by atoms with Crippen molar-refractivity contribution < 1.29 is 0 Å². The molecule has 0 unspecified atom stereocenters. The SMILES string of the molecule is [C-]#[N+]c1c(-n2c3ccc(C)cc3c3cc(C)ccc32)c(Cn2c3ccc(C)cc3c3cc(C)ccc32)c(C#N)c(-n2c3ccc(C)cc3c3cc(C)ccc32)c1-n1c2ccc(C)cc2c2cc(C)ccc21. The van der Waals surface area contributed by atoms with E-state index in [4.69, 9.17) is 4.85 Å². The molecule has 0 spiro atoms. The van der Waals surface area contributed by atoms with Crippen molar-refractivity contribution in [3.05, 3.63) is 213 Å². The molecule has 9 aromatic carbocycles. The molecule has 4 aromatic heterocycles. The first-order valence-electron chi connectivity index (χ1n) is 24.5. The Balaban J connectivity index is 1.32. The number of fused-ring (bicyclic) bond motifs is 12. The molecule has 0 radical (unpaired) electrons. The van der Waals surface area contributed by atoms with Crippen LogP contribution in [0.25, 0.3) is 109 Å². The van der Waals surface area contributed by atoms with E-state index >= 15 is 0 Å². The highest BCUT2D eigenvalue weighted by Gasteiger charge is 2.33. The number of nitriles is 1. The van der Waals surface area contributed by atoms with Gasteiger partial charge in [0.25, 0.3) is 0 Å². The molecule has 71 heavy (non-hydrogen) atoms. The number of hydrogen-bond donors (Lipinski definition) is 0. The van der Waals surface area contributed by atoms with Crippen LogP contribution in [0, 0.1) is 73.3 Å². The van der Waals surface area contributed by atoms with Gasteiger partial charge in [0.2, 0.25) is 5.69 Å². The van der Waals surface area contributed by atoms with Gasteiger partial charge in [0.1, 0.15) is 6.07 Å². The first-order valence-corrected chi connectivity index (χ1v) is 24.5. The van der Waals surface area contributed by atoms with Gasteiger partial charge in [-0.25, -0.2) is 4.85 Å². The average molecular weight is 915 g/mol. The highest BCUT2D eigenvalue weighted by molar-refractivity contribution is 6.15. The second-order valence-corrected chi connectivity index (χ2v) is 20.2. The molecule has 6 nitrogen and oxygen atoms in total. The maximum Gasteiger partial charge on any atom is 0.236 e. The van der Waals surface area contributed by atoms with Gasteiger partial charge in [-0.05, 0) is 152 Å². The molecule has 0 saturated carbocycles. The number of aromatic nitrogens is 4. The zero-order chi connectivity index (χ0) is 48.7. The van der Waals surface area contributed by atoms with Crippen molar-refractivity contribution in [2.45, 2.75) is 61.9 Å². The van der Waals surface area contributed by atoms with Crippen LogP contribution < -0.4 is 0 Å². The lowest BCUT2D eigenvalue weighted by molar-refractivity contribution is 0.853. The van der Waals surface area contributed by atoms with E-state index in [0.717, 1.165) is 126 Å². The molecule has 0 bridgehead atoms. The van der Waals surface area contributed by atoms with E-state index in [-0.39, 0.29) is 0 Å². The number of hydrogen-bond acceptors (Lipinski definition) is 1. The van der Waals surface area contributed by atoms with Crippen LogP contribution in [-0.4, -0.2) is 18.3 Å². The average Bonchev–Trinajstić information content (AvgIpc) is 4.04. The van der Waals surface area contributed by atoms with E-state index in [1.165, 1.54) is 11.1 Å². The Morgan fingerprint density at radius 1 is 0.366 bits per heavy atom. The van der Waals surface area contributed by atoms with E-state index in [2.05, 4.69) is 225 Å². The predicted molar refractivity (Wildman–Crippen MR) is 297 cm³/mol. The fraction of sp³-hybridized carbons (Fsp3) is 0.138. The van der Waals surface area contributed by atoms with E-state index < -0.39 is 0 Å². The third-order valence-corrected chi connectivity index (χ3v) is 15.1. The fourth-order valence-electron chi connectivity index (χ4n) is 11.9. The lowest BCUT2D eigenvalue weighted by atomic mass is 9.97. The van der Waals surface area contributed by atoms with Gasteiger partial charge in [-0.15, -0.1) is 0 Å². The lowest BCUT2D eigenvalue weighted by Crippen LogP contribution is -2.15. The molecule has 0 N–H and O–H groups in total. The summed E-state index contributed by atoms with van der Waals surface area (Å²) in [4.78, 5) is 4.83. The van der Waals surface area contributed by atoms with Gasteiger partial charge >= 0.3 is 0 Å². The van der Waals surface area contributed by atoms with Crippen LogP contribution in [0.1, 0.15) is 55.6 Å². The summed E-state index contributed by atoms with van der Waals surface area (Å²) < 4.78 is 9.29. The first kappa shape index (κ1) is 42.3. The standard InChI is InChI=1S/C65H50N6/c1-36-10-18-54-44(26-36)45-27-37(2)11-19-55(45)68(54)35-53-52(34-66)64(70-58-22-14-40(5)30-48(58)49-31-41(6)15-23-59(49)70)65(71-60-24-16-42(7)32-50(60)51-33-43(8)17-25-61(51)71)62(67-9)63(53)69-56-20-12-38(3)28-46(56)47-29-39(4)13-21-57(47)69/h10-33H,35H2,1-8H3. The summed E-state index contributed by atoms with van der Waals surface area (Å²) >= 11 is 0. The Labute approximate surface area is 412 Å². The van der Waals surface area contributed by atoms with Crippen LogP contribution in [0.3, 0.4) is 0 Å². The van der Waals surface area contributed by atoms with Crippen LogP contribution >= 0.6 is 0 Å². The number of rotatable bonds is 5. The molecule has 0 aliphatic heterocycles. The monoisotopic (exact) mass is 914 g/mol. The third kappa shape index (κ3) is 6.11. The summed E-state index contributed by atoms with van der Waals surface area (Å²) in [5.41, 5.74) is 21.1. The smallest absolute Gasteiger partial charge is 0.236 e. The maximum absolute atomic E-state index is 12.5. The minimum Gasteiger partial charge on any atom is -0.336 e. The Kier molecular flexibility index (Phi) is 9.13. The molecule has 4 heterocycles. The zero-order valence-electron chi connectivity index (χ0n) is 41.2.